The molecule has 0 aromatic carbocycles. The van der Waals surface area contributed by atoms with Gasteiger partial charge in [0.2, 0.25) is 0 Å². The first kappa shape index (κ1) is 6.15. The molecule has 4 nitrogen and oxygen atoms in total. The molecule has 0 radical (unpaired) electrons. The van der Waals surface area contributed by atoms with Gasteiger partial charge in [-0.2, -0.15) is 0 Å². The lowest BCUT2D eigenvalue weighted by atomic mass is 10.4. The van der Waals surface area contributed by atoms with Crippen LogP contribution in [0.4, 0.5) is 0 Å². The van der Waals surface area contributed by atoms with E-state index < -0.39 is 0 Å². The van der Waals surface area contributed by atoms with Crippen LogP contribution in [0.3, 0.4) is 0 Å². The minimum Gasteiger partial charge on any atom is -0.310 e. The van der Waals surface area contributed by atoms with Crippen LogP contribution in [0.1, 0.15) is 5.56 Å². The van der Waals surface area contributed by atoms with Crippen LogP contribution in [-0.2, 0) is 0 Å². The van der Waals surface area contributed by atoms with Gasteiger partial charge in [-0.3, -0.25) is 4.40 Å². The topological polar surface area (TPSA) is 50.2 Å². The first-order chi connectivity index (χ1) is 5.27. The zero-order chi connectivity index (χ0) is 7.84. The van der Waals surface area contributed by atoms with E-state index in [0.29, 0.717) is 5.65 Å². The summed E-state index contributed by atoms with van der Waals surface area (Å²) in [5, 5.41) is 0. The average Bonchev–Trinajstić information content (AvgIpc) is 2.33. The van der Waals surface area contributed by atoms with Crippen molar-refractivity contribution in [3.05, 3.63) is 34.6 Å². The summed E-state index contributed by atoms with van der Waals surface area (Å²) < 4.78 is 1.48. The second-order valence-corrected chi connectivity index (χ2v) is 2.45. The number of nitrogens with zero attached hydrogens (tertiary/aromatic N) is 2. The molecule has 2 aromatic heterocycles. The quantitative estimate of drug-likeness (QED) is 0.586. The maximum absolute atomic E-state index is 11.0. The third-order valence-corrected chi connectivity index (χ3v) is 1.52. The first-order valence-electron chi connectivity index (χ1n) is 3.30. The van der Waals surface area contributed by atoms with E-state index in [4.69, 9.17) is 0 Å². The predicted molar refractivity (Wildman–Crippen MR) is 40.5 cm³/mol. The fourth-order valence-electron chi connectivity index (χ4n) is 0.999. The molecule has 0 fully saturated rings. The third kappa shape index (κ3) is 0.832. The van der Waals surface area contributed by atoms with Crippen LogP contribution < -0.4 is 5.69 Å². The summed E-state index contributed by atoms with van der Waals surface area (Å²) in [6, 6.07) is 0. The van der Waals surface area contributed by atoms with E-state index in [9.17, 15) is 4.79 Å². The number of nitrogens with one attached hydrogen (secondary N) is 1. The van der Waals surface area contributed by atoms with Gasteiger partial charge in [0.05, 0.1) is 0 Å². The lowest BCUT2D eigenvalue weighted by Gasteiger charge is -1.91. The summed E-state index contributed by atoms with van der Waals surface area (Å²) in [7, 11) is 0. The van der Waals surface area contributed by atoms with Crippen molar-refractivity contribution in [1.82, 2.24) is 14.4 Å². The van der Waals surface area contributed by atoms with Crippen molar-refractivity contribution in [3.8, 4) is 0 Å². The molecule has 0 aliphatic heterocycles. The Bertz CT molecular complexity index is 440. The van der Waals surface area contributed by atoms with Crippen LogP contribution in [0.15, 0.2) is 23.4 Å². The number of H-pyrrole nitrogens is 1. The number of hydrogen-bond acceptors (Lipinski definition) is 2. The van der Waals surface area contributed by atoms with Crippen molar-refractivity contribution in [2.24, 2.45) is 0 Å². The minimum absolute atomic E-state index is 0.142. The monoisotopic (exact) mass is 149 g/mol. The summed E-state index contributed by atoms with van der Waals surface area (Å²) in [6.07, 6.45) is 5.06. The smallest absolute Gasteiger partial charge is 0.310 e. The van der Waals surface area contributed by atoms with E-state index in [2.05, 4.69) is 9.97 Å². The second-order valence-electron chi connectivity index (χ2n) is 2.45. The van der Waals surface area contributed by atoms with E-state index in [-0.39, 0.29) is 5.69 Å². The lowest BCUT2D eigenvalue weighted by Crippen LogP contribution is -2.09. The maximum Gasteiger partial charge on any atom is 0.331 e. The average molecular weight is 149 g/mol. The highest BCUT2D eigenvalue weighted by molar-refractivity contribution is 5.34. The number of rotatable bonds is 0. The van der Waals surface area contributed by atoms with E-state index in [1.807, 2.05) is 6.92 Å². The first-order valence-corrected chi connectivity index (χ1v) is 3.30. The van der Waals surface area contributed by atoms with Gasteiger partial charge >= 0.3 is 5.69 Å². The van der Waals surface area contributed by atoms with E-state index in [1.165, 1.54) is 4.40 Å². The molecule has 0 bridgehead atoms. The fraction of sp³-hybridized carbons (Fsp3) is 0.143. The maximum atomic E-state index is 11.0. The summed E-state index contributed by atoms with van der Waals surface area (Å²) in [4.78, 5) is 17.6. The van der Waals surface area contributed by atoms with E-state index in [0.717, 1.165) is 5.56 Å². The minimum atomic E-state index is -0.142. The number of imidazole rings is 1. The molecule has 2 heterocycles. The zero-order valence-electron chi connectivity index (χ0n) is 6.03. The van der Waals surface area contributed by atoms with Gasteiger partial charge in [0, 0.05) is 18.6 Å². The fourth-order valence-corrected chi connectivity index (χ4v) is 0.999. The molecule has 0 saturated carbocycles. The molecular formula is C7H7N3O. The summed E-state index contributed by atoms with van der Waals surface area (Å²) >= 11 is 0. The molecule has 0 atom stereocenters. The van der Waals surface area contributed by atoms with Crippen molar-refractivity contribution in [1.29, 1.82) is 0 Å². The molecule has 2 aromatic rings. The molecule has 0 spiro atoms. The van der Waals surface area contributed by atoms with Gasteiger partial charge in [-0.1, -0.05) is 0 Å². The Hall–Kier alpha value is -1.58. The van der Waals surface area contributed by atoms with Crippen LogP contribution in [0, 0.1) is 6.92 Å². The highest BCUT2D eigenvalue weighted by Crippen LogP contribution is 1.95. The molecule has 4 heteroatoms. The standard InChI is InChI=1S/C7H7N3O/c1-5-2-8-6-3-9-7(11)10(6)4-5/h2-4H,1H3,(H,9,11). The summed E-state index contributed by atoms with van der Waals surface area (Å²) in [5.74, 6) is 0. The Labute approximate surface area is 62.5 Å². The molecule has 0 aliphatic carbocycles. The molecular weight excluding hydrogens is 142 g/mol. The molecule has 0 amide bonds. The summed E-state index contributed by atoms with van der Waals surface area (Å²) in [5.41, 5.74) is 1.48. The van der Waals surface area contributed by atoms with Gasteiger partial charge < -0.3 is 4.98 Å². The zero-order valence-corrected chi connectivity index (χ0v) is 6.03. The van der Waals surface area contributed by atoms with Gasteiger partial charge in [-0.15, -0.1) is 0 Å². The summed E-state index contributed by atoms with van der Waals surface area (Å²) in [6.45, 7) is 1.89. The molecule has 0 aliphatic rings. The number of fused-ring (bicyclic) bond motifs is 1. The highest BCUT2D eigenvalue weighted by atomic mass is 16.1. The molecule has 1 N–H and O–H groups in total. The van der Waals surface area contributed by atoms with Crippen LogP contribution in [0.2, 0.25) is 0 Å². The Balaban J connectivity index is 2.99. The van der Waals surface area contributed by atoms with Crippen LogP contribution in [0.25, 0.3) is 5.65 Å². The molecule has 2 rings (SSSR count). The number of aryl methyl sites for hydroxylation is 1. The normalized spacial score (nSPS) is 10.6. The van der Waals surface area contributed by atoms with Crippen LogP contribution in [0.5, 0.6) is 0 Å². The van der Waals surface area contributed by atoms with Crippen molar-refractivity contribution in [3.63, 3.8) is 0 Å². The number of aromatic amines is 1. The second kappa shape index (κ2) is 1.95. The number of hydrogen-bond donors (Lipinski definition) is 1. The van der Waals surface area contributed by atoms with Crippen LogP contribution in [-0.4, -0.2) is 14.4 Å². The van der Waals surface area contributed by atoms with Gasteiger partial charge in [-0.25, -0.2) is 9.78 Å². The predicted octanol–water partition coefficient (Wildman–Crippen LogP) is 0.331. The molecule has 56 valence electrons. The Morgan fingerprint density at radius 2 is 2.45 bits per heavy atom. The largest absolute Gasteiger partial charge is 0.331 e. The Morgan fingerprint density at radius 3 is 3.27 bits per heavy atom. The van der Waals surface area contributed by atoms with Gasteiger partial charge in [0.15, 0.2) is 5.65 Å². The molecule has 11 heavy (non-hydrogen) atoms. The number of aromatic nitrogens is 3. The molecule has 0 unspecified atom stereocenters. The molecule has 0 saturated heterocycles. The van der Waals surface area contributed by atoms with Crippen molar-refractivity contribution >= 4 is 5.65 Å². The lowest BCUT2D eigenvalue weighted by molar-refractivity contribution is 1.02. The van der Waals surface area contributed by atoms with Gasteiger partial charge in [0.25, 0.3) is 0 Å². The third-order valence-electron chi connectivity index (χ3n) is 1.52. The SMILES string of the molecule is Cc1cnc2c[nH]c(=O)n2c1. The highest BCUT2D eigenvalue weighted by Gasteiger charge is 1.96. The van der Waals surface area contributed by atoms with Crippen molar-refractivity contribution in [2.75, 3.05) is 0 Å². The Kier molecular flexibility index (Phi) is 1.09. The van der Waals surface area contributed by atoms with E-state index in [1.54, 1.807) is 18.6 Å². The van der Waals surface area contributed by atoms with E-state index >= 15 is 0 Å². The van der Waals surface area contributed by atoms with Crippen LogP contribution >= 0.6 is 0 Å². The van der Waals surface area contributed by atoms with Gasteiger partial charge in [-0.05, 0) is 12.5 Å². The van der Waals surface area contributed by atoms with Crippen molar-refractivity contribution in [2.45, 2.75) is 6.92 Å². The van der Waals surface area contributed by atoms with Gasteiger partial charge in [0.1, 0.15) is 0 Å². The van der Waals surface area contributed by atoms with Crippen molar-refractivity contribution < 1.29 is 0 Å². The Morgan fingerprint density at radius 1 is 1.64 bits per heavy atom.